The lowest BCUT2D eigenvalue weighted by molar-refractivity contribution is 0.589. The first-order valence-electron chi connectivity index (χ1n) is 11.2. The van der Waals surface area contributed by atoms with E-state index in [9.17, 15) is 8.42 Å². The van der Waals surface area contributed by atoms with Gasteiger partial charge in [0, 0.05) is 5.75 Å². The molecule has 1 heterocycles. The minimum atomic E-state index is -3.63. The number of thiazole rings is 1. The van der Waals surface area contributed by atoms with Gasteiger partial charge in [0.2, 0.25) is 0 Å². The summed E-state index contributed by atoms with van der Waals surface area (Å²) in [5.41, 5.74) is 7.90. The summed E-state index contributed by atoms with van der Waals surface area (Å²) in [5.74, 6) is 0.856. The minimum absolute atomic E-state index is 0.132. The summed E-state index contributed by atoms with van der Waals surface area (Å²) in [4.78, 5) is 5.01. The van der Waals surface area contributed by atoms with Crippen LogP contribution in [0.15, 0.2) is 63.8 Å². The second-order valence-corrected chi connectivity index (χ2v) is 13.6. The molecule has 0 atom stereocenters. The molecular weight excluding hydrogens is 481 g/mol. The Morgan fingerprint density at radius 3 is 2.21 bits per heavy atom. The smallest absolute Gasteiger partial charge is 0.261 e. The third kappa shape index (κ3) is 5.48. The van der Waals surface area contributed by atoms with Crippen LogP contribution in [0.3, 0.4) is 0 Å². The molecule has 0 aliphatic rings. The predicted molar refractivity (Wildman–Crippen MR) is 146 cm³/mol. The van der Waals surface area contributed by atoms with E-state index < -0.39 is 10.0 Å². The van der Waals surface area contributed by atoms with Gasteiger partial charge in [-0.05, 0) is 78.8 Å². The zero-order valence-electron chi connectivity index (χ0n) is 20.4. The number of sulfonamides is 1. The summed E-state index contributed by atoms with van der Waals surface area (Å²) in [6.07, 6.45) is 0. The Balaban J connectivity index is 1.51. The molecule has 1 aromatic heterocycles. The number of hydrogen-bond acceptors (Lipinski definition) is 5. The largest absolute Gasteiger partial charge is 0.280 e. The normalized spacial score (nSPS) is 12.3. The molecule has 0 saturated heterocycles. The van der Waals surface area contributed by atoms with Gasteiger partial charge in [-0.25, -0.2) is 13.4 Å². The van der Waals surface area contributed by atoms with Crippen LogP contribution >= 0.6 is 23.1 Å². The van der Waals surface area contributed by atoms with Crippen molar-refractivity contribution < 1.29 is 8.42 Å². The van der Waals surface area contributed by atoms with Crippen LogP contribution in [-0.4, -0.2) is 13.4 Å². The lowest BCUT2D eigenvalue weighted by atomic mass is 9.84. The highest BCUT2D eigenvalue weighted by molar-refractivity contribution is 8.00. The van der Waals surface area contributed by atoms with E-state index in [2.05, 4.69) is 51.5 Å². The van der Waals surface area contributed by atoms with E-state index in [1.807, 2.05) is 19.1 Å². The van der Waals surface area contributed by atoms with Gasteiger partial charge < -0.3 is 0 Å². The highest BCUT2D eigenvalue weighted by Gasteiger charge is 2.17. The molecule has 0 saturated carbocycles. The average molecular weight is 511 g/mol. The van der Waals surface area contributed by atoms with Crippen LogP contribution in [0.25, 0.3) is 10.2 Å². The Morgan fingerprint density at radius 2 is 1.59 bits per heavy atom. The molecule has 1 N–H and O–H groups in total. The number of benzene rings is 3. The van der Waals surface area contributed by atoms with Gasteiger partial charge in [0.15, 0.2) is 4.34 Å². The molecule has 178 valence electrons. The van der Waals surface area contributed by atoms with Crippen molar-refractivity contribution in [2.24, 2.45) is 0 Å². The van der Waals surface area contributed by atoms with Crippen molar-refractivity contribution >= 4 is 49.0 Å². The first-order valence-corrected chi connectivity index (χ1v) is 14.4. The van der Waals surface area contributed by atoms with Crippen molar-refractivity contribution in [3.63, 3.8) is 0 Å². The lowest BCUT2D eigenvalue weighted by Crippen LogP contribution is -2.12. The first-order chi connectivity index (χ1) is 15.9. The summed E-state index contributed by atoms with van der Waals surface area (Å²) in [7, 11) is -3.63. The molecule has 3 aromatic carbocycles. The van der Waals surface area contributed by atoms with E-state index in [0.29, 0.717) is 5.69 Å². The number of aromatic nitrogens is 1. The number of aryl methyl sites for hydroxylation is 3. The van der Waals surface area contributed by atoms with Crippen LogP contribution in [0.5, 0.6) is 0 Å². The minimum Gasteiger partial charge on any atom is -0.280 e. The molecule has 4 rings (SSSR count). The van der Waals surface area contributed by atoms with E-state index in [1.54, 1.807) is 53.4 Å². The Kier molecular flexibility index (Phi) is 6.82. The molecule has 0 bridgehead atoms. The van der Waals surface area contributed by atoms with Crippen LogP contribution in [0.4, 0.5) is 5.69 Å². The summed E-state index contributed by atoms with van der Waals surface area (Å²) in [5, 5.41) is 0. The fourth-order valence-corrected chi connectivity index (χ4v) is 7.10. The van der Waals surface area contributed by atoms with Gasteiger partial charge >= 0.3 is 0 Å². The van der Waals surface area contributed by atoms with Crippen molar-refractivity contribution in [1.29, 1.82) is 0 Å². The fraction of sp³-hybridized carbons (Fsp3) is 0.296. The maximum absolute atomic E-state index is 12.7. The van der Waals surface area contributed by atoms with E-state index >= 15 is 0 Å². The van der Waals surface area contributed by atoms with Crippen molar-refractivity contribution in [1.82, 2.24) is 4.98 Å². The standard InChI is InChI=1S/C27H30N2O2S3/c1-17-7-10-22(11-8-17)34(30,31)29-21-9-12-24-25(15-21)33-26(28-24)32-16-23-18(2)13-20(14-19(23)3)27(4,5)6/h7-15,29H,16H2,1-6H3. The highest BCUT2D eigenvalue weighted by atomic mass is 32.2. The van der Waals surface area contributed by atoms with Crippen molar-refractivity contribution in [3.8, 4) is 0 Å². The van der Waals surface area contributed by atoms with Gasteiger partial charge in [0.25, 0.3) is 10.0 Å². The monoisotopic (exact) mass is 510 g/mol. The van der Waals surface area contributed by atoms with Crippen molar-refractivity contribution in [2.75, 3.05) is 4.72 Å². The number of anilines is 1. The molecule has 0 unspecified atom stereocenters. The number of nitrogens with one attached hydrogen (secondary N) is 1. The molecule has 0 radical (unpaired) electrons. The van der Waals surface area contributed by atoms with Gasteiger partial charge in [0.1, 0.15) is 0 Å². The summed E-state index contributed by atoms with van der Waals surface area (Å²) >= 11 is 3.32. The molecule has 7 heteroatoms. The Hall–Kier alpha value is -2.35. The summed E-state index contributed by atoms with van der Waals surface area (Å²) < 4.78 is 30.1. The second kappa shape index (κ2) is 9.36. The van der Waals surface area contributed by atoms with E-state index in [1.165, 1.54) is 22.3 Å². The van der Waals surface area contributed by atoms with Crippen LogP contribution < -0.4 is 4.72 Å². The topological polar surface area (TPSA) is 59.1 Å². The Bertz CT molecular complexity index is 1420. The first kappa shape index (κ1) is 24.8. The van der Waals surface area contributed by atoms with Crippen LogP contribution in [0.1, 0.15) is 48.6 Å². The van der Waals surface area contributed by atoms with Gasteiger partial charge in [-0.1, -0.05) is 62.4 Å². The number of nitrogens with zero attached hydrogens (tertiary/aromatic N) is 1. The summed E-state index contributed by atoms with van der Waals surface area (Å²) in [6.45, 7) is 13.0. The quantitative estimate of drug-likeness (QED) is 0.271. The maximum Gasteiger partial charge on any atom is 0.261 e. The van der Waals surface area contributed by atoms with Gasteiger partial charge in [-0.3, -0.25) is 4.72 Å². The number of rotatable bonds is 6. The maximum atomic E-state index is 12.7. The molecule has 0 fully saturated rings. The average Bonchev–Trinajstić information content (AvgIpc) is 3.14. The van der Waals surface area contributed by atoms with Crippen LogP contribution in [-0.2, 0) is 21.2 Å². The van der Waals surface area contributed by atoms with Crippen LogP contribution in [0, 0.1) is 20.8 Å². The Morgan fingerprint density at radius 1 is 0.941 bits per heavy atom. The van der Waals surface area contributed by atoms with E-state index in [0.717, 1.165) is 25.9 Å². The zero-order chi connectivity index (χ0) is 24.7. The van der Waals surface area contributed by atoms with Crippen LogP contribution in [0.2, 0.25) is 0 Å². The lowest BCUT2D eigenvalue weighted by Gasteiger charge is -2.22. The Labute approximate surface area is 210 Å². The highest BCUT2D eigenvalue weighted by Crippen LogP contribution is 2.35. The molecule has 0 amide bonds. The summed E-state index contributed by atoms with van der Waals surface area (Å²) in [6, 6.07) is 16.9. The van der Waals surface area contributed by atoms with E-state index in [-0.39, 0.29) is 10.3 Å². The molecular formula is C27H30N2O2S3. The fourth-order valence-electron chi connectivity index (χ4n) is 3.75. The molecule has 4 nitrogen and oxygen atoms in total. The molecule has 0 spiro atoms. The van der Waals surface area contributed by atoms with Gasteiger partial charge in [-0.2, -0.15) is 0 Å². The second-order valence-electron chi connectivity index (χ2n) is 9.71. The number of hydrogen-bond donors (Lipinski definition) is 1. The third-order valence-electron chi connectivity index (χ3n) is 5.85. The molecule has 0 aliphatic carbocycles. The van der Waals surface area contributed by atoms with Gasteiger partial charge in [0.05, 0.1) is 20.8 Å². The number of thioether (sulfide) groups is 1. The van der Waals surface area contributed by atoms with Crippen molar-refractivity contribution in [3.05, 3.63) is 82.4 Å². The molecule has 0 aliphatic heterocycles. The predicted octanol–water partition coefficient (Wildman–Crippen LogP) is 7.61. The van der Waals surface area contributed by atoms with Gasteiger partial charge in [-0.15, -0.1) is 11.3 Å². The molecule has 4 aromatic rings. The SMILES string of the molecule is Cc1ccc(S(=O)(=O)Nc2ccc3nc(SCc4c(C)cc(C(C)(C)C)cc4C)sc3c2)cc1. The number of fused-ring (bicyclic) bond motifs is 1. The van der Waals surface area contributed by atoms with E-state index in [4.69, 9.17) is 4.98 Å². The zero-order valence-corrected chi connectivity index (χ0v) is 22.8. The van der Waals surface area contributed by atoms with Crippen molar-refractivity contribution in [2.45, 2.75) is 61.9 Å². The third-order valence-corrected chi connectivity index (χ3v) is 9.44. The molecule has 34 heavy (non-hydrogen) atoms.